The summed E-state index contributed by atoms with van der Waals surface area (Å²) in [5.74, 6) is -0.313. The maximum Gasteiger partial charge on any atom is 0.268 e. The lowest BCUT2D eigenvalue weighted by Crippen LogP contribution is -2.11. The van der Waals surface area contributed by atoms with Crippen LogP contribution in [0.2, 0.25) is 0 Å². The lowest BCUT2D eigenvalue weighted by Gasteiger charge is -2.07. The topological polar surface area (TPSA) is 59.3 Å². The Bertz CT molecular complexity index is 943. The van der Waals surface area contributed by atoms with E-state index >= 15 is 0 Å². The number of hydrogen-bond acceptors (Lipinski definition) is 3. The van der Waals surface area contributed by atoms with Crippen LogP contribution in [0, 0.1) is 0 Å². The Kier molecular flexibility index (Phi) is 4.07. The van der Waals surface area contributed by atoms with E-state index in [0.717, 1.165) is 10.9 Å². The van der Waals surface area contributed by atoms with Gasteiger partial charge in [-0.2, -0.15) is 0 Å². The van der Waals surface area contributed by atoms with Gasteiger partial charge >= 0.3 is 0 Å². The van der Waals surface area contributed by atoms with Crippen LogP contribution in [0.4, 0.5) is 0 Å². The first-order chi connectivity index (χ1) is 11.1. The Balaban J connectivity index is 2.29. The minimum Gasteiger partial charge on any atom is -0.395 e. The predicted octanol–water partition coefficient (Wildman–Crippen LogP) is 3.14. The Hall–Kier alpha value is -2.37. The van der Waals surface area contributed by atoms with Gasteiger partial charge in [0.2, 0.25) is 0 Å². The second-order valence-corrected chi connectivity index (χ2v) is 7.06. The Morgan fingerprint density at radius 3 is 2.39 bits per heavy atom. The largest absolute Gasteiger partial charge is 0.395 e. The van der Waals surface area contributed by atoms with Crippen LogP contribution in [-0.4, -0.2) is 24.1 Å². The van der Waals surface area contributed by atoms with E-state index in [9.17, 15) is 13.5 Å². The third-order valence-corrected chi connectivity index (χ3v) is 5.58. The molecule has 1 aromatic heterocycles. The van der Waals surface area contributed by atoms with Gasteiger partial charge in [-0.1, -0.05) is 42.5 Å². The highest BCUT2D eigenvalue weighted by molar-refractivity contribution is 7.90. The smallest absolute Gasteiger partial charge is 0.268 e. The maximum atomic E-state index is 12.9. The van der Waals surface area contributed by atoms with E-state index in [1.165, 1.54) is 3.97 Å². The number of rotatable bonds is 5. The van der Waals surface area contributed by atoms with Gasteiger partial charge in [-0.05, 0) is 23.8 Å². The van der Waals surface area contributed by atoms with Crippen molar-refractivity contribution < 1.29 is 13.5 Å². The number of hydrogen-bond donors (Lipinski definition) is 1. The van der Waals surface area contributed by atoms with Crippen LogP contribution in [0.1, 0.15) is 11.5 Å². The molecule has 5 heteroatoms. The van der Waals surface area contributed by atoms with Crippen molar-refractivity contribution in [2.24, 2.45) is 0 Å². The normalized spacial score (nSPS) is 13.1. The fraction of sp³-hybridized carbons (Fsp3) is 0.111. The summed E-state index contributed by atoms with van der Waals surface area (Å²) in [7, 11) is -3.69. The number of aliphatic hydroxyl groups excluding tert-OH is 1. The molecule has 0 aliphatic rings. The van der Waals surface area contributed by atoms with Gasteiger partial charge in [0, 0.05) is 17.5 Å². The molecule has 0 spiro atoms. The van der Waals surface area contributed by atoms with E-state index in [1.54, 1.807) is 54.7 Å². The zero-order valence-electron chi connectivity index (χ0n) is 12.5. The highest BCUT2D eigenvalue weighted by Crippen LogP contribution is 2.31. The number of para-hydroxylation sites is 1. The summed E-state index contributed by atoms with van der Waals surface area (Å²) in [4.78, 5) is 0.228. The van der Waals surface area contributed by atoms with Crippen LogP contribution in [0.15, 0.2) is 78.3 Å². The van der Waals surface area contributed by atoms with Crippen molar-refractivity contribution in [1.29, 1.82) is 0 Å². The molecule has 3 rings (SSSR count). The van der Waals surface area contributed by atoms with Gasteiger partial charge in [-0.15, -0.1) is 6.58 Å². The fourth-order valence-electron chi connectivity index (χ4n) is 2.68. The first-order valence-corrected chi connectivity index (χ1v) is 8.67. The Labute approximate surface area is 135 Å². The van der Waals surface area contributed by atoms with Crippen LogP contribution in [-0.2, 0) is 10.0 Å². The van der Waals surface area contributed by atoms with E-state index < -0.39 is 10.0 Å². The second kappa shape index (κ2) is 6.02. The lowest BCUT2D eigenvalue weighted by molar-refractivity contribution is 0.284. The molecule has 118 valence electrons. The third-order valence-electron chi connectivity index (χ3n) is 3.89. The number of nitrogens with zero attached hydrogens (tertiary/aromatic N) is 1. The van der Waals surface area contributed by atoms with Crippen molar-refractivity contribution in [2.45, 2.75) is 10.8 Å². The summed E-state index contributed by atoms with van der Waals surface area (Å²) in [6, 6.07) is 15.6. The quantitative estimate of drug-likeness (QED) is 0.732. The number of aromatic nitrogens is 1. The van der Waals surface area contributed by atoms with Gasteiger partial charge in [0.15, 0.2) is 0 Å². The molecule has 0 bridgehead atoms. The van der Waals surface area contributed by atoms with Crippen molar-refractivity contribution in [2.75, 3.05) is 6.61 Å². The molecule has 4 nitrogen and oxygen atoms in total. The molecule has 0 fully saturated rings. The summed E-state index contributed by atoms with van der Waals surface area (Å²) in [6.45, 7) is 3.60. The highest BCUT2D eigenvalue weighted by Gasteiger charge is 2.22. The number of fused-ring (bicyclic) bond motifs is 1. The van der Waals surface area contributed by atoms with E-state index in [-0.39, 0.29) is 17.4 Å². The minimum atomic E-state index is -3.69. The molecule has 2 aromatic carbocycles. The summed E-state index contributed by atoms with van der Waals surface area (Å²) >= 11 is 0. The predicted molar refractivity (Wildman–Crippen MR) is 91.0 cm³/mol. The second-order valence-electron chi connectivity index (χ2n) is 5.24. The van der Waals surface area contributed by atoms with Gasteiger partial charge in [-0.25, -0.2) is 12.4 Å². The first kappa shape index (κ1) is 15.5. The van der Waals surface area contributed by atoms with Gasteiger partial charge in [0.1, 0.15) is 0 Å². The van der Waals surface area contributed by atoms with E-state index in [0.29, 0.717) is 5.52 Å². The molecule has 0 radical (unpaired) electrons. The van der Waals surface area contributed by atoms with E-state index in [4.69, 9.17) is 0 Å². The van der Waals surface area contributed by atoms with E-state index in [2.05, 4.69) is 6.58 Å². The molecule has 0 saturated carbocycles. The van der Waals surface area contributed by atoms with Crippen LogP contribution < -0.4 is 0 Å². The van der Waals surface area contributed by atoms with Crippen molar-refractivity contribution in [3.8, 4) is 0 Å². The van der Waals surface area contributed by atoms with E-state index in [1.807, 2.05) is 12.1 Å². The fourth-order valence-corrected chi connectivity index (χ4v) is 4.07. The van der Waals surface area contributed by atoms with Crippen LogP contribution in [0.5, 0.6) is 0 Å². The molecular formula is C18H17NO3S. The molecule has 0 amide bonds. The van der Waals surface area contributed by atoms with Crippen molar-refractivity contribution in [1.82, 2.24) is 3.97 Å². The third kappa shape index (κ3) is 2.58. The van der Waals surface area contributed by atoms with Gasteiger partial charge in [-0.3, -0.25) is 0 Å². The SMILES string of the molecule is C=C[C@@H](CO)c1cn(S(=O)(=O)c2ccccc2)c2ccccc12. The average Bonchev–Trinajstić information content (AvgIpc) is 2.97. The van der Waals surface area contributed by atoms with Crippen molar-refractivity contribution >= 4 is 20.9 Å². The van der Waals surface area contributed by atoms with Crippen LogP contribution in [0.3, 0.4) is 0 Å². The van der Waals surface area contributed by atoms with Crippen molar-refractivity contribution in [3.05, 3.63) is 79.0 Å². The highest BCUT2D eigenvalue weighted by atomic mass is 32.2. The maximum absolute atomic E-state index is 12.9. The van der Waals surface area contributed by atoms with Crippen LogP contribution >= 0.6 is 0 Å². The first-order valence-electron chi connectivity index (χ1n) is 7.23. The molecule has 1 N–H and O–H groups in total. The zero-order valence-corrected chi connectivity index (χ0v) is 13.3. The van der Waals surface area contributed by atoms with Gasteiger partial charge < -0.3 is 5.11 Å². The van der Waals surface area contributed by atoms with Gasteiger partial charge in [0.05, 0.1) is 17.0 Å². The average molecular weight is 327 g/mol. The van der Waals surface area contributed by atoms with Gasteiger partial charge in [0.25, 0.3) is 10.0 Å². The molecule has 0 aliphatic carbocycles. The molecule has 1 atom stereocenters. The molecule has 0 aliphatic heterocycles. The molecule has 0 unspecified atom stereocenters. The number of aliphatic hydroxyl groups is 1. The molecule has 23 heavy (non-hydrogen) atoms. The standard InChI is InChI=1S/C18H17NO3S/c1-2-14(13-20)17-12-19(18-11-7-6-10-16(17)18)23(21,22)15-8-4-3-5-9-15/h2-12,14,20H,1,13H2/t14-/m0/s1. The monoisotopic (exact) mass is 327 g/mol. The molecule has 3 aromatic rings. The summed E-state index contributed by atoms with van der Waals surface area (Å²) in [6.07, 6.45) is 3.21. The van der Waals surface area contributed by atoms with Crippen molar-refractivity contribution in [3.63, 3.8) is 0 Å². The molecular weight excluding hydrogens is 310 g/mol. The summed E-state index contributed by atoms with van der Waals surface area (Å²) < 4.78 is 27.1. The lowest BCUT2D eigenvalue weighted by atomic mass is 10.00. The zero-order chi connectivity index (χ0) is 16.4. The Morgan fingerprint density at radius 1 is 1.09 bits per heavy atom. The Morgan fingerprint density at radius 2 is 1.74 bits per heavy atom. The molecule has 0 saturated heterocycles. The number of benzene rings is 2. The summed E-state index contributed by atoms with van der Waals surface area (Å²) in [5.41, 5.74) is 1.34. The minimum absolute atomic E-state index is 0.122. The molecule has 1 heterocycles. The summed E-state index contributed by atoms with van der Waals surface area (Å²) in [5, 5.41) is 10.3. The van der Waals surface area contributed by atoms with Crippen LogP contribution in [0.25, 0.3) is 10.9 Å².